The number of aliphatic hydroxyl groups excluding tert-OH is 1. The molecule has 0 aromatic heterocycles. The third-order valence-corrected chi connectivity index (χ3v) is 7.78. The predicted octanol–water partition coefficient (Wildman–Crippen LogP) is 9.96. The van der Waals surface area contributed by atoms with Crippen LogP contribution in [0.5, 0.6) is 11.5 Å². The van der Waals surface area contributed by atoms with Crippen molar-refractivity contribution in [3.05, 3.63) is 83.8 Å². The molecule has 3 rings (SSSR count). The van der Waals surface area contributed by atoms with E-state index in [9.17, 15) is 0 Å². The van der Waals surface area contributed by atoms with E-state index in [0.717, 1.165) is 29.3 Å². The van der Waals surface area contributed by atoms with Crippen LogP contribution in [0.25, 0.3) is 0 Å². The largest absolute Gasteiger partial charge is 0.457 e. The van der Waals surface area contributed by atoms with Gasteiger partial charge in [-0.15, -0.1) is 24.4 Å². The lowest BCUT2D eigenvalue weighted by Gasteiger charge is -2.42. The molecule has 51 heavy (non-hydrogen) atoms. The van der Waals surface area contributed by atoms with Crippen molar-refractivity contribution in [3.8, 4) is 24.3 Å². The first kappa shape index (κ1) is 52.1. The van der Waals surface area contributed by atoms with Crippen molar-refractivity contribution in [1.29, 1.82) is 0 Å². The van der Waals surface area contributed by atoms with Gasteiger partial charge in [0.25, 0.3) is 0 Å². The van der Waals surface area contributed by atoms with E-state index in [2.05, 4.69) is 92.7 Å². The minimum absolute atomic E-state index is 0.0723. The highest BCUT2D eigenvalue weighted by Crippen LogP contribution is 2.23. The van der Waals surface area contributed by atoms with Crippen LogP contribution in [0.2, 0.25) is 0 Å². The Morgan fingerprint density at radius 1 is 0.980 bits per heavy atom. The van der Waals surface area contributed by atoms with Crippen molar-refractivity contribution >= 4 is 17.3 Å². The van der Waals surface area contributed by atoms with Crippen molar-refractivity contribution in [2.75, 3.05) is 45.7 Å². The number of terminal acetylenes is 1. The Morgan fingerprint density at radius 3 is 1.78 bits per heavy atom. The molecule has 0 amide bonds. The molecule has 1 saturated heterocycles. The van der Waals surface area contributed by atoms with Crippen LogP contribution >= 0.6 is 11.6 Å². The maximum Gasteiger partial charge on any atom is 0.127 e. The van der Waals surface area contributed by atoms with Crippen LogP contribution in [0.1, 0.15) is 98.6 Å². The number of likely N-dealkylation sites (tertiary alicyclic amines) is 1. The number of aliphatic imine (C=N–C) groups is 1. The lowest BCUT2D eigenvalue weighted by Crippen LogP contribution is -2.49. The Kier molecular flexibility index (Phi) is 35.9. The number of nitrogens with one attached hydrogen (secondary N) is 1. The second-order valence-electron chi connectivity index (χ2n) is 11.9. The van der Waals surface area contributed by atoms with E-state index < -0.39 is 0 Å². The topological polar surface area (TPSA) is 86.3 Å². The molecule has 0 saturated carbocycles. The van der Waals surface area contributed by atoms with Gasteiger partial charge in [-0.2, -0.15) is 0 Å². The molecule has 2 aromatic carbocycles. The molecule has 290 valence electrons. The number of alkyl halides is 1. The van der Waals surface area contributed by atoms with Crippen LogP contribution in [0, 0.1) is 26.7 Å². The molecule has 0 bridgehead atoms. The van der Waals surface area contributed by atoms with Gasteiger partial charge in [0.1, 0.15) is 17.3 Å². The molecule has 1 fully saturated rings. The standard InChI is InChI=1S/C15H32N2.C14H14O.C9H17N3O.C2H6.C2H2.CH3Cl/c1-5-11-17(14(6-2)7-3)15-9-12-16(8-4)13-10-15;1-11-3-7-13(8-4-11)15-14-9-5-12(2)6-10-14;1-7(2)12-9(10)6-8(3)11-4-5-13;3*1-2/h14-15H,5-13H2,1-4H3;3-10H,1-2H3;6,11,13H,3-5,10H2,1-2H3;1-2H3;1-2H;1H3/b;;9-6+;;;. The summed E-state index contributed by atoms with van der Waals surface area (Å²) < 4.78 is 5.69. The van der Waals surface area contributed by atoms with E-state index in [-0.39, 0.29) is 6.61 Å². The first-order chi connectivity index (χ1) is 24.6. The van der Waals surface area contributed by atoms with Crippen molar-refractivity contribution in [2.24, 2.45) is 10.7 Å². The molecule has 7 nitrogen and oxygen atoms in total. The average Bonchev–Trinajstić information content (AvgIpc) is 3.15. The van der Waals surface area contributed by atoms with Crippen molar-refractivity contribution in [2.45, 2.75) is 113 Å². The van der Waals surface area contributed by atoms with E-state index in [1.165, 1.54) is 75.8 Å². The lowest BCUT2D eigenvalue weighted by molar-refractivity contribution is 0.0710. The SMILES string of the molecule is C#C.C=C(/C=C(\N)N=C(C)C)NCCO.CC.CCCN(C(CC)CC)C1CCN(CC)CC1.CCl.Cc1ccc(Oc2ccc(C)cc2)cc1. The quantitative estimate of drug-likeness (QED) is 0.0778. The first-order valence-corrected chi connectivity index (χ1v) is 19.3. The van der Waals surface area contributed by atoms with E-state index >= 15 is 0 Å². The second kappa shape index (κ2) is 35.1. The van der Waals surface area contributed by atoms with Crippen LogP contribution in [-0.2, 0) is 0 Å². The van der Waals surface area contributed by atoms with Crippen LogP contribution in [-0.4, -0.2) is 78.4 Å². The normalized spacial score (nSPS) is 12.5. The molecule has 4 N–H and O–H groups in total. The number of benzene rings is 2. The first-order valence-electron chi connectivity index (χ1n) is 18.6. The highest BCUT2D eigenvalue weighted by Gasteiger charge is 2.27. The van der Waals surface area contributed by atoms with Gasteiger partial charge >= 0.3 is 0 Å². The van der Waals surface area contributed by atoms with Gasteiger partial charge in [0.2, 0.25) is 0 Å². The minimum Gasteiger partial charge on any atom is -0.457 e. The Hall–Kier alpha value is -3.28. The predicted molar refractivity (Wildman–Crippen MR) is 227 cm³/mol. The number of nitrogens with two attached hydrogens (primary N) is 1. The third kappa shape index (κ3) is 26.2. The Bertz CT molecular complexity index is 1120. The number of piperidine rings is 1. The molecule has 1 heterocycles. The van der Waals surface area contributed by atoms with Crippen LogP contribution < -0.4 is 15.8 Å². The number of hydrogen-bond donors (Lipinski definition) is 3. The number of allylic oxidation sites excluding steroid dienone is 1. The van der Waals surface area contributed by atoms with Gasteiger partial charge in [0, 0.05) is 42.5 Å². The molecule has 2 aromatic rings. The van der Waals surface area contributed by atoms with Crippen molar-refractivity contribution in [1.82, 2.24) is 15.1 Å². The zero-order valence-electron chi connectivity index (χ0n) is 34.1. The summed E-state index contributed by atoms with van der Waals surface area (Å²) in [7, 11) is 0. The van der Waals surface area contributed by atoms with Gasteiger partial charge in [0.05, 0.1) is 6.61 Å². The molecule has 0 radical (unpaired) electrons. The van der Waals surface area contributed by atoms with Gasteiger partial charge in [0.15, 0.2) is 0 Å². The summed E-state index contributed by atoms with van der Waals surface area (Å²) in [5.74, 6) is 2.17. The number of aryl methyl sites for hydroxylation is 2. The van der Waals surface area contributed by atoms with Crippen LogP contribution in [0.4, 0.5) is 0 Å². The molecule has 0 atom stereocenters. The minimum atomic E-state index is 0.0723. The molecule has 8 heteroatoms. The summed E-state index contributed by atoms with van der Waals surface area (Å²) in [6.45, 7) is 30.5. The number of halogens is 1. The van der Waals surface area contributed by atoms with Gasteiger partial charge in [-0.1, -0.05) is 83.5 Å². The summed E-state index contributed by atoms with van der Waals surface area (Å²) in [6, 6.07) is 17.8. The van der Waals surface area contributed by atoms with Gasteiger partial charge < -0.3 is 25.8 Å². The zero-order valence-corrected chi connectivity index (χ0v) is 34.9. The number of hydrogen-bond acceptors (Lipinski definition) is 7. The van der Waals surface area contributed by atoms with Crippen molar-refractivity contribution < 1.29 is 9.84 Å². The highest BCUT2D eigenvalue weighted by atomic mass is 35.5. The Morgan fingerprint density at radius 2 is 1.43 bits per heavy atom. The van der Waals surface area contributed by atoms with E-state index in [1.54, 1.807) is 6.08 Å². The maximum absolute atomic E-state index is 8.51. The smallest absolute Gasteiger partial charge is 0.127 e. The third-order valence-electron chi connectivity index (χ3n) is 7.78. The molecule has 0 aliphatic carbocycles. The summed E-state index contributed by atoms with van der Waals surface area (Å²) in [5, 5.41) is 11.4. The summed E-state index contributed by atoms with van der Waals surface area (Å²) in [5.41, 5.74) is 9.58. The van der Waals surface area contributed by atoms with Crippen molar-refractivity contribution in [3.63, 3.8) is 0 Å². The zero-order chi connectivity index (χ0) is 39.6. The van der Waals surface area contributed by atoms with E-state index in [4.69, 9.17) is 15.6 Å². The summed E-state index contributed by atoms with van der Waals surface area (Å²) >= 11 is 4.64. The van der Waals surface area contributed by atoms with Gasteiger partial charge in [-0.05, 0) is 110 Å². The number of aliphatic hydroxyl groups is 1. The molecular weight excluding hydrogens is 654 g/mol. The highest BCUT2D eigenvalue weighted by molar-refractivity contribution is 6.15. The lowest BCUT2D eigenvalue weighted by atomic mass is 9.99. The summed E-state index contributed by atoms with van der Waals surface area (Å²) in [6.07, 6.45) is 17.8. The molecular formula is C43H74ClN5O2. The number of rotatable bonds is 14. The summed E-state index contributed by atoms with van der Waals surface area (Å²) in [4.78, 5) is 9.42. The van der Waals surface area contributed by atoms with Crippen LogP contribution in [0.15, 0.2) is 77.7 Å². The fraction of sp³-hybridized carbons (Fsp3) is 0.558. The second-order valence-corrected chi connectivity index (χ2v) is 11.9. The maximum atomic E-state index is 8.51. The average molecular weight is 729 g/mol. The molecule has 0 unspecified atom stereocenters. The molecule has 1 aliphatic heterocycles. The van der Waals surface area contributed by atoms with E-state index in [1.807, 2.05) is 76.2 Å². The van der Waals surface area contributed by atoms with Gasteiger partial charge in [-0.25, -0.2) is 4.99 Å². The number of ether oxygens (including phenoxy) is 1. The Labute approximate surface area is 319 Å². The molecule has 1 aliphatic rings. The fourth-order valence-corrected chi connectivity index (χ4v) is 5.33. The number of nitrogens with zero attached hydrogens (tertiary/aromatic N) is 3. The monoisotopic (exact) mass is 728 g/mol. The van der Waals surface area contributed by atoms with Gasteiger partial charge in [-0.3, -0.25) is 4.90 Å². The van der Waals surface area contributed by atoms with Crippen LogP contribution in [0.3, 0.4) is 0 Å². The van der Waals surface area contributed by atoms with E-state index in [0.29, 0.717) is 18.1 Å². The fourth-order valence-electron chi connectivity index (χ4n) is 5.33. The Balaban J connectivity index is -0.000000634. The molecule has 0 spiro atoms.